The van der Waals surface area contributed by atoms with Crippen molar-refractivity contribution in [1.82, 2.24) is 9.80 Å². The van der Waals surface area contributed by atoms with Gasteiger partial charge < -0.3 is 15.7 Å². The lowest BCUT2D eigenvalue weighted by Gasteiger charge is -2.35. The molecule has 0 aromatic heterocycles. The van der Waals surface area contributed by atoms with Crippen molar-refractivity contribution in [2.45, 2.75) is 19.9 Å². The van der Waals surface area contributed by atoms with Gasteiger partial charge in [0.2, 0.25) is 5.91 Å². The molecule has 17 heavy (non-hydrogen) atoms. The highest BCUT2D eigenvalue weighted by Crippen LogP contribution is 2.07. The zero-order valence-corrected chi connectivity index (χ0v) is 10.4. The van der Waals surface area contributed by atoms with E-state index in [0.29, 0.717) is 26.2 Å². The van der Waals surface area contributed by atoms with Gasteiger partial charge in [0.1, 0.15) is 0 Å². The first-order valence-corrected chi connectivity index (χ1v) is 5.90. The molecule has 1 rings (SSSR count). The number of carbonyl (C=O) groups is 2. The zero-order chi connectivity index (χ0) is 13.0. The van der Waals surface area contributed by atoms with Crippen LogP contribution >= 0.6 is 0 Å². The Balaban J connectivity index is 2.41. The molecule has 1 heterocycles. The topological polar surface area (TPSA) is 86.9 Å². The molecule has 6 nitrogen and oxygen atoms in total. The number of piperazine rings is 1. The van der Waals surface area contributed by atoms with Gasteiger partial charge >= 0.3 is 5.97 Å². The van der Waals surface area contributed by atoms with Crippen molar-refractivity contribution in [2.75, 3.05) is 32.7 Å². The molecule has 6 heteroatoms. The molecule has 0 saturated carbocycles. The Morgan fingerprint density at radius 2 is 1.76 bits per heavy atom. The van der Waals surface area contributed by atoms with E-state index in [9.17, 15) is 9.59 Å². The summed E-state index contributed by atoms with van der Waals surface area (Å²) in [5.41, 5.74) is 5.81. The summed E-state index contributed by atoms with van der Waals surface area (Å²) in [7, 11) is 0. The molecule has 0 aliphatic carbocycles. The second kappa shape index (κ2) is 5.97. The second-order valence-corrected chi connectivity index (χ2v) is 4.76. The Bertz CT molecular complexity index is 286. The van der Waals surface area contributed by atoms with Crippen molar-refractivity contribution in [3.8, 4) is 0 Å². The molecule has 1 unspecified atom stereocenters. The summed E-state index contributed by atoms with van der Waals surface area (Å²) in [4.78, 5) is 26.0. The molecule has 1 atom stereocenters. The van der Waals surface area contributed by atoms with E-state index in [4.69, 9.17) is 10.8 Å². The van der Waals surface area contributed by atoms with Crippen LogP contribution in [0.2, 0.25) is 0 Å². The maximum atomic E-state index is 11.9. The first-order chi connectivity index (χ1) is 7.91. The number of hydrogen-bond acceptors (Lipinski definition) is 4. The van der Waals surface area contributed by atoms with Gasteiger partial charge in [-0.05, 0) is 5.92 Å². The van der Waals surface area contributed by atoms with E-state index < -0.39 is 12.0 Å². The molecule has 0 spiro atoms. The van der Waals surface area contributed by atoms with Crippen molar-refractivity contribution >= 4 is 11.9 Å². The van der Waals surface area contributed by atoms with Gasteiger partial charge in [-0.1, -0.05) is 13.8 Å². The van der Waals surface area contributed by atoms with Crippen LogP contribution in [0.4, 0.5) is 0 Å². The molecule has 1 saturated heterocycles. The molecule has 98 valence electrons. The summed E-state index contributed by atoms with van der Waals surface area (Å²) in [6.07, 6.45) is 0. The van der Waals surface area contributed by atoms with Crippen LogP contribution in [-0.2, 0) is 9.59 Å². The molecular formula is C11H21N3O3. The summed E-state index contributed by atoms with van der Waals surface area (Å²) in [6, 6.07) is -0.457. The predicted octanol–water partition coefficient (Wildman–Crippen LogP) is -0.801. The van der Waals surface area contributed by atoms with E-state index >= 15 is 0 Å². The summed E-state index contributed by atoms with van der Waals surface area (Å²) in [6.45, 7) is 6.20. The third-order valence-electron chi connectivity index (χ3n) is 3.05. The minimum atomic E-state index is -0.830. The first-order valence-electron chi connectivity index (χ1n) is 5.90. The lowest BCUT2D eigenvalue weighted by molar-refractivity contribution is -0.139. The predicted molar refractivity (Wildman–Crippen MR) is 63.5 cm³/mol. The Morgan fingerprint density at radius 3 is 2.18 bits per heavy atom. The molecule has 0 aromatic rings. The number of nitrogens with zero attached hydrogens (tertiary/aromatic N) is 2. The van der Waals surface area contributed by atoms with Gasteiger partial charge in [-0.2, -0.15) is 0 Å². The van der Waals surface area contributed by atoms with Crippen LogP contribution in [-0.4, -0.2) is 65.5 Å². The van der Waals surface area contributed by atoms with Gasteiger partial charge in [0, 0.05) is 26.2 Å². The van der Waals surface area contributed by atoms with Crippen molar-refractivity contribution in [1.29, 1.82) is 0 Å². The summed E-state index contributed by atoms with van der Waals surface area (Å²) in [5, 5.41) is 8.66. The van der Waals surface area contributed by atoms with E-state index in [2.05, 4.69) is 0 Å². The quantitative estimate of drug-likeness (QED) is 0.675. The van der Waals surface area contributed by atoms with Crippen LogP contribution in [0.25, 0.3) is 0 Å². The van der Waals surface area contributed by atoms with Gasteiger partial charge in [-0.3, -0.25) is 14.5 Å². The number of carbonyl (C=O) groups excluding carboxylic acids is 1. The molecule has 1 aliphatic heterocycles. The standard InChI is InChI=1S/C11H21N3O3/c1-8(2)10(12)11(17)14-5-3-13(4-6-14)7-9(15)16/h8,10H,3-7,12H2,1-2H3,(H,15,16). The van der Waals surface area contributed by atoms with Gasteiger partial charge in [0.25, 0.3) is 0 Å². The monoisotopic (exact) mass is 243 g/mol. The second-order valence-electron chi connectivity index (χ2n) is 4.76. The van der Waals surface area contributed by atoms with Crippen molar-refractivity contribution in [3.05, 3.63) is 0 Å². The van der Waals surface area contributed by atoms with Gasteiger partial charge in [0.05, 0.1) is 12.6 Å². The Kier molecular flexibility index (Phi) is 4.89. The van der Waals surface area contributed by atoms with Crippen LogP contribution in [0.1, 0.15) is 13.8 Å². The molecule has 1 fully saturated rings. The smallest absolute Gasteiger partial charge is 0.317 e. The van der Waals surface area contributed by atoms with Crippen LogP contribution in [0.3, 0.4) is 0 Å². The first kappa shape index (κ1) is 13.9. The number of nitrogens with two attached hydrogens (primary N) is 1. The van der Waals surface area contributed by atoms with Crippen molar-refractivity contribution in [3.63, 3.8) is 0 Å². The van der Waals surface area contributed by atoms with Crippen LogP contribution in [0.5, 0.6) is 0 Å². The number of hydrogen-bond donors (Lipinski definition) is 2. The Morgan fingerprint density at radius 1 is 1.24 bits per heavy atom. The molecule has 0 bridgehead atoms. The normalized spacial score (nSPS) is 19.4. The molecule has 3 N–H and O–H groups in total. The van der Waals surface area contributed by atoms with Gasteiger partial charge in [-0.25, -0.2) is 0 Å². The number of rotatable bonds is 4. The van der Waals surface area contributed by atoms with Gasteiger partial charge in [-0.15, -0.1) is 0 Å². The lowest BCUT2D eigenvalue weighted by Crippen LogP contribution is -2.54. The molecule has 1 amide bonds. The largest absolute Gasteiger partial charge is 0.480 e. The highest BCUT2D eigenvalue weighted by Gasteiger charge is 2.27. The fraction of sp³-hybridized carbons (Fsp3) is 0.818. The van der Waals surface area contributed by atoms with Crippen molar-refractivity contribution in [2.24, 2.45) is 11.7 Å². The number of aliphatic carboxylic acids is 1. The van der Waals surface area contributed by atoms with Gasteiger partial charge in [0.15, 0.2) is 0 Å². The highest BCUT2D eigenvalue weighted by atomic mass is 16.4. The van der Waals surface area contributed by atoms with E-state index in [1.807, 2.05) is 18.7 Å². The maximum Gasteiger partial charge on any atom is 0.317 e. The van der Waals surface area contributed by atoms with E-state index in [-0.39, 0.29) is 18.4 Å². The molecule has 1 aliphatic rings. The third kappa shape index (κ3) is 3.98. The Hall–Kier alpha value is -1.14. The summed E-state index contributed by atoms with van der Waals surface area (Å²) in [5.74, 6) is -0.738. The molecule has 0 radical (unpaired) electrons. The number of carboxylic acids is 1. The average molecular weight is 243 g/mol. The fourth-order valence-electron chi connectivity index (χ4n) is 1.81. The Labute approximate surface area is 101 Å². The SMILES string of the molecule is CC(C)C(N)C(=O)N1CCN(CC(=O)O)CC1. The van der Waals surface area contributed by atoms with E-state index in [1.165, 1.54) is 0 Å². The minimum absolute atomic E-state index is 0.0324. The lowest BCUT2D eigenvalue weighted by atomic mass is 10.0. The van der Waals surface area contributed by atoms with Crippen LogP contribution in [0, 0.1) is 5.92 Å². The summed E-state index contributed by atoms with van der Waals surface area (Å²) < 4.78 is 0. The summed E-state index contributed by atoms with van der Waals surface area (Å²) >= 11 is 0. The average Bonchev–Trinajstić information content (AvgIpc) is 2.27. The molecule has 0 aromatic carbocycles. The minimum Gasteiger partial charge on any atom is -0.480 e. The van der Waals surface area contributed by atoms with E-state index in [0.717, 1.165) is 0 Å². The zero-order valence-electron chi connectivity index (χ0n) is 10.4. The number of carboxylic acid groups (broad SMARTS) is 1. The maximum absolute atomic E-state index is 11.9. The van der Waals surface area contributed by atoms with Crippen LogP contribution in [0.15, 0.2) is 0 Å². The van der Waals surface area contributed by atoms with E-state index in [1.54, 1.807) is 4.90 Å². The molecular weight excluding hydrogens is 222 g/mol. The highest BCUT2D eigenvalue weighted by molar-refractivity contribution is 5.82. The third-order valence-corrected chi connectivity index (χ3v) is 3.05. The van der Waals surface area contributed by atoms with Crippen molar-refractivity contribution < 1.29 is 14.7 Å². The van der Waals surface area contributed by atoms with Crippen LogP contribution < -0.4 is 5.73 Å². The fourth-order valence-corrected chi connectivity index (χ4v) is 1.81. The number of amides is 1.